The first-order valence-electron chi connectivity index (χ1n) is 9.27. The molecule has 0 saturated carbocycles. The molecule has 4 rings (SSSR count). The Bertz CT molecular complexity index is 1100. The minimum absolute atomic E-state index is 0.0418. The van der Waals surface area contributed by atoms with E-state index in [-0.39, 0.29) is 17.2 Å². The molecule has 1 amide bonds. The number of carbonyl (C=O) groups is 1. The largest absolute Gasteiger partial charge is 0.356 e. The standard InChI is InChI=1S/C20H21N3O4S/c24-20(14-18-17-9-2-3-10-19(17)27-22-18)21-15-7-6-8-16(13-15)28(25,26)23-11-4-1-5-12-23/h2-3,6-10,13H,1,4-5,11-12,14H2,(H,21,24). The van der Waals surface area contributed by atoms with Gasteiger partial charge < -0.3 is 9.84 Å². The van der Waals surface area contributed by atoms with Crippen LogP contribution in [0.3, 0.4) is 0 Å². The van der Waals surface area contributed by atoms with Crippen LogP contribution in [0.4, 0.5) is 5.69 Å². The van der Waals surface area contributed by atoms with E-state index in [9.17, 15) is 13.2 Å². The number of rotatable bonds is 5. The fourth-order valence-corrected chi connectivity index (χ4v) is 4.97. The molecular formula is C20H21N3O4S. The zero-order valence-electron chi connectivity index (χ0n) is 15.3. The van der Waals surface area contributed by atoms with Crippen molar-refractivity contribution in [3.63, 3.8) is 0 Å². The van der Waals surface area contributed by atoms with Crippen LogP contribution < -0.4 is 5.32 Å². The molecule has 2 heterocycles. The van der Waals surface area contributed by atoms with E-state index in [1.165, 1.54) is 10.4 Å². The van der Waals surface area contributed by atoms with Gasteiger partial charge in [-0.05, 0) is 43.2 Å². The number of hydrogen-bond donors (Lipinski definition) is 1. The van der Waals surface area contributed by atoms with Crippen LogP contribution in [-0.2, 0) is 21.2 Å². The number of nitrogens with one attached hydrogen (secondary N) is 1. The molecule has 0 atom stereocenters. The van der Waals surface area contributed by atoms with E-state index >= 15 is 0 Å². The molecule has 0 aliphatic carbocycles. The lowest BCUT2D eigenvalue weighted by atomic mass is 10.1. The van der Waals surface area contributed by atoms with Crippen molar-refractivity contribution in [1.82, 2.24) is 9.46 Å². The summed E-state index contributed by atoms with van der Waals surface area (Å²) < 4.78 is 32.4. The van der Waals surface area contributed by atoms with Gasteiger partial charge in [0.1, 0.15) is 5.69 Å². The van der Waals surface area contributed by atoms with Crippen LogP contribution >= 0.6 is 0 Å². The number of amides is 1. The summed E-state index contributed by atoms with van der Waals surface area (Å²) >= 11 is 0. The molecule has 1 saturated heterocycles. The molecule has 8 heteroatoms. The fraction of sp³-hybridized carbons (Fsp3) is 0.300. The van der Waals surface area contributed by atoms with Gasteiger partial charge in [-0.2, -0.15) is 4.31 Å². The van der Waals surface area contributed by atoms with Crippen molar-refractivity contribution in [3.05, 3.63) is 54.2 Å². The number of fused-ring (bicyclic) bond motifs is 1. The third-order valence-electron chi connectivity index (χ3n) is 4.85. The molecule has 28 heavy (non-hydrogen) atoms. The minimum Gasteiger partial charge on any atom is -0.356 e. The maximum absolute atomic E-state index is 12.8. The van der Waals surface area contributed by atoms with Crippen molar-refractivity contribution in [2.24, 2.45) is 0 Å². The Kier molecular flexibility index (Phi) is 5.15. The minimum atomic E-state index is -3.54. The highest BCUT2D eigenvalue weighted by Crippen LogP contribution is 2.23. The molecule has 1 aliphatic heterocycles. The van der Waals surface area contributed by atoms with E-state index in [1.807, 2.05) is 18.2 Å². The summed E-state index contributed by atoms with van der Waals surface area (Å²) in [7, 11) is -3.54. The number of piperidine rings is 1. The molecule has 3 aromatic rings. The van der Waals surface area contributed by atoms with Gasteiger partial charge in [0.15, 0.2) is 5.58 Å². The molecule has 0 bridgehead atoms. The van der Waals surface area contributed by atoms with E-state index in [1.54, 1.807) is 24.3 Å². The first-order valence-corrected chi connectivity index (χ1v) is 10.7. The predicted octanol–water partition coefficient (Wildman–Crippen LogP) is 3.18. The maximum atomic E-state index is 12.8. The van der Waals surface area contributed by atoms with Gasteiger partial charge in [0, 0.05) is 24.2 Å². The second kappa shape index (κ2) is 7.73. The summed E-state index contributed by atoms with van der Waals surface area (Å²) in [6, 6.07) is 13.7. The zero-order chi connectivity index (χ0) is 19.6. The normalized spacial score (nSPS) is 15.6. The molecule has 1 N–H and O–H groups in total. The van der Waals surface area contributed by atoms with Crippen LogP contribution in [0.15, 0.2) is 57.9 Å². The van der Waals surface area contributed by atoms with Crippen molar-refractivity contribution >= 4 is 32.6 Å². The van der Waals surface area contributed by atoms with Crippen molar-refractivity contribution in [2.45, 2.75) is 30.6 Å². The van der Waals surface area contributed by atoms with Gasteiger partial charge in [0.05, 0.1) is 11.3 Å². The molecule has 7 nitrogen and oxygen atoms in total. The highest BCUT2D eigenvalue weighted by Gasteiger charge is 2.26. The molecular weight excluding hydrogens is 378 g/mol. The molecule has 1 aromatic heterocycles. The van der Waals surface area contributed by atoms with Crippen LogP contribution in [-0.4, -0.2) is 36.9 Å². The van der Waals surface area contributed by atoms with Gasteiger partial charge in [0.25, 0.3) is 0 Å². The van der Waals surface area contributed by atoms with E-state index < -0.39 is 10.0 Å². The van der Waals surface area contributed by atoms with Crippen LogP contribution in [0.1, 0.15) is 25.0 Å². The van der Waals surface area contributed by atoms with Gasteiger partial charge in [-0.1, -0.05) is 29.8 Å². The third kappa shape index (κ3) is 3.79. The molecule has 2 aromatic carbocycles. The Hall–Kier alpha value is -2.71. The van der Waals surface area contributed by atoms with Crippen LogP contribution in [0, 0.1) is 0 Å². The first kappa shape index (κ1) is 18.6. The van der Waals surface area contributed by atoms with Crippen molar-refractivity contribution < 1.29 is 17.7 Å². The average Bonchev–Trinajstić information content (AvgIpc) is 3.12. The van der Waals surface area contributed by atoms with E-state index in [4.69, 9.17) is 4.52 Å². The van der Waals surface area contributed by atoms with Crippen LogP contribution in [0.5, 0.6) is 0 Å². The summed E-state index contributed by atoms with van der Waals surface area (Å²) in [5, 5.41) is 7.50. The molecule has 1 aliphatic rings. The highest BCUT2D eigenvalue weighted by atomic mass is 32.2. The maximum Gasteiger partial charge on any atom is 0.243 e. The zero-order valence-corrected chi connectivity index (χ0v) is 16.1. The summed E-state index contributed by atoms with van der Waals surface area (Å²) in [6.45, 7) is 1.08. The molecule has 146 valence electrons. The second-order valence-electron chi connectivity index (χ2n) is 6.84. The lowest BCUT2D eigenvalue weighted by molar-refractivity contribution is -0.115. The second-order valence-corrected chi connectivity index (χ2v) is 8.78. The smallest absolute Gasteiger partial charge is 0.243 e. The SMILES string of the molecule is O=C(Cc1noc2ccccc12)Nc1cccc(S(=O)(=O)N2CCCCC2)c1. The molecule has 0 unspecified atom stereocenters. The summed E-state index contributed by atoms with van der Waals surface area (Å²) in [6.07, 6.45) is 2.85. The van der Waals surface area contributed by atoms with E-state index in [0.29, 0.717) is 30.1 Å². The third-order valence-corrected chi connectivity index (χ3v) is 6.75. The first-order chi connectivity index (χ1) is 13.5. The molecule has 1 fully saturated rings. The lowest BCUT2D eigenvalue weighted by Crippen LogP contribution is -2.35. The van der Waals surface area contributed by atoms with Crippen molar-refractivity contribution in [1.29, 1.82) is 0 Å². The molecule has 0 radical (unpaired) electrons. The van der Waals surface area contributed by atoms with E-state index in [2.05, 4.69) is 10.5 Å². The number of benzene rings is 2. The highest BCUT2D eigenvalue weighted by molar-refractivity contribution is 7.89. The topological polar surface area (TPSA) is 92.5 Å². The lowest BCUT2D eigenvalue weighted by Gasteiger charge is -2.26. The van der Waals surface area contributed by atoms with Gasteiger partial charge in [-0.15, -0.1) is 0 Å². The quantitative estimate of drug-likeness (QED) is 0.711. The Balaban J connectivity index is 1.49. The monoisotopic (exact) mass is 399 g/mol. The van der Waals surface area contributed by atoms with E-state index in [0.717, 1.165) is 24.6 Å². The van der Waals surface area contributed by atoms with Gasteiger partial charge >= 0.3 is 0 Å². The number of nitrogens with zero attached hydrogens (tertiary/aromatic N) is 2. The summed E-state index contributed by atoms with van der Waals surface area (Å²) in [4.78, 5) is 12.6. The average molecular weight is 399 g/mol. The van der Waals surface area contributed by atoms with Gasteiger partial charge in [-0.25, -0.2) is 8.42 Å². The Labute approximate surface area is 163 Å². The Morgan fingerprint density at radius 3 is 2.68 bits per heavy atom. The number of aromatic nitrogens is 1. The Morgan fingerprint density at radius 2 is 1.86 bits per heavy atom. The van der Waals surface area contributed by atoms with Crippen LogP contribution in [0.25, 0.3) is 11.0 Å². The fourth-order valence-electron chi connectivity index (χ4n) is 3.41. The number of hydrogen-bond acceptors (Lipinski definition) is 5. The molecule has 0 spiro atoms. The van der Waals surface area contributed by atoms with Crippen molar-refractivity contribution in [2.75, 3.05) is 18.4 Å². The number of anilines is 1. The number of carbonyl (C=O) groups excluding carboxylic acids is 1. The summed E-state index contributed by atoms with van der Waals surface area (Å²) in [5.41, 5.74) is 1.61. The predicted molar refractivity (Wildman–Crippen MR) is 105 cm³/mol. The Morgan fingerprint density at radius 1 is 1.07 bits per heavy atom. The van der Waals surface area contributed by atoms with Crippen molar-refractivity contribution in [3.8, 4) is 0 Å². The number of sulfonamides is 1. The summed E-state index contributed by atoms with van der Waals surface area (Å²) in [5.74, 6) is -0.286. The number of para-hydroxylation sites is 1. The van der Waals surface area contributed by atoms with Crippen LogP contribution in [0.2, 0.25) is 0 Å². The van der Waals surface area contributed by atoms with Gasteiger partial charge in [0.2, 0.25) is 15.9 Å². The van der Waals surface area contributed by atoms with Gasteiger partial charge in [-0.3, -0.25) is 4.79 Å².